The molecule has 5 heteroatoms. The molecule has 0 aromatic heterocycles. The van der Waals surface area contributed by atoms with Crippen molar-refractivity contribution in [2.75, 3.05) is 6.54 Å². The number of nitrogens with zero attached hydrogens (tertiary/aromatic N) is 1. The maximum absolute atomic E-state index is 12.1. The largest absolute Gasteiger partial charge is 0.480 e. The molecule has 2 aliphatic carbocycles. The Balaban J connectivity index is 1.89. The second kappa shape index (κ2) is 5.42. The summed E-state index contributed by atoms with van der Waals surface area (Å²) in [6.45, 7) is 4.29. The van der Waals surface area contributed by atoms with Crippen molar-refractivity contribution in [3.8, 4) is 0 Å². The zero-order chi connectivity index (χ0) is 13.1. The van der Waals surface area contributed by atoms with Gasteiger partial charge in [0.25, 0.3) is 0 Å². The van der Waals surface area contributed by atoms with E-state index in [-0.39, 0.29) is 12.5 Å². The van der Waals surface area contributed by atoms with Crippen LogP contribution in [0.3, 0.4) is 0 Å². The van der Waals surface area contributed by atoms with Crippen molar-refractivity contribution in [2.45, 2.75) is 44.2 Å². The first-order chi connectivity index (χ1) is 8.61. The number of amides is 2. The van der Waals surface area contributed by atoms with E-state index in [4.69, 9.17) is 5.11 Å². The SMILES string of the molecule is C=CCC(NC(=O)N(CC1CC1)C1CC1)C(=O)O. The molecule has 0 aliphatic heterocycles. The molecule has 5 nitrogen and oxygen atoms in total. The summed E-state index contributed by atoms with van der Waals surface area (Å²) < 4.78 is 0. The highest BCUT2D eigenvalue weighted by Gasteiger charge is 2.37. The van der Waals surface area contributed by atoms with Crippen LogP contribution in [-0.4, -0.2) is 40.6 Å². The number of urea groups is 1. The van der Waals surface area contributed by atoms with E-state index in [2.05, 4.69) is 11.9 Å². The number of carboxylic acids is 1. The molecule has 2 saturated carbocycles. The van der Waals surface area contributed by atoms with Crippen molar-refractivity contribution in [3.05, 3.63) is 12.7 Å². The number of hydrogen-bond acceptors (Lipinski definition) is 2. The molecule has 0 spiro atoms. The fourth-order valence-corrected chi connectivity index (χ4v) is 1.98. The summed E-state index contributed by atoms with van der Waals surface area (Å²) in [5.74, 6) is -0.385. The topological polar surface area (TPSA) is 69.6 Å². The first kappa shape index (κ1) is 12.9. The minimum absolute atomic E-state index is 0.237. The molecule has 2 N–H and O–H groups in total. The summed E-state index contributed by atoms with van der Waals surface area (Å²) in [7, 11) is 0. The van der Waals surface area contributed by atoms with Crippen molar-refractivity contribution < 1.29 is 14.7 Å². The molecule has 0 aromatic carbocycles. The highest BCUT2D eigenvalue weighted by molar-refractivity contribution is 5.83. The predicted molar refractivity (Wildman–Crippen MR) is 67.2 cm³/mol. The van der Waals surface area contributed by atoms with Gasteiger partial charge in [0.1, 0.15) is 6.04 Å². The summed E-state index contributed by atoms with van der Waals surface area (Å²) in [5, 5.41) is 11.6. The van der Waals surface area contributed by atoms with Crippen LogP contribution in [0, 0.1) is 5.92 Å². The summed E-state index contributed by atoms with van der Waals surface area (Å²) in [6.07, 6.45) is 6.22. The molecule has 100 valence electrons. The van der Waals surface area contributed by atoms with Crippen molar-refractivity contribution in [1.82, 2.24) is 10.2 Å². The number of nitrogens with one attached hydrogen (secondary N) is 1. The van der Waals surface area contributed by atoms with E-state index in [9.17, 15) is 9.59 Å². The van der Waals surface area contributed by atoms with Crippen LogP contribution in [0.25, 0.3) is 0 Å². The highest BCUT2D eigenvalue weighted by Crippen LogP contribution is 2.34. The van der Waals surface area contributed by atoms with Gasteiger partial charge < -0.3 is 15.3 Å². The average molecular weight is 252 g/mol. The first-order valence-corrected chi connectivity index (χ1v) is 6.52. The van der Waals surface area contributed by atoms with Crippen LogP contribution in [0.4, 0.5) is 4.79 Å². The van der Waals surface area contributed by atoms with Crippen LogP contribution in [0.2, 0.25) is 0 Å². The van der Waals surface area contributed by atoms with Crippen LogP contribution in [-0.2, 0) is 4.79 Å². The van der Waals surface area contributed by atoms with Crippen LogP contribution < -0.4 is 5.32 Å². The lowest BCUT2D eigenvalue weighted by molar-refractivity contribution is -0.139. The Morgan fingerprint density at radius 1 is 1.39 bits per heavy atom. The molecular formula is C13H20N2O3. The van der Waals surface area contributed by atoms with Crippen molar-refractivity contribution >= 4 is 12.0 Å². The molecule has 18 heavy (non-hydrogen) atoms. The monoisotopic (exact) mass is 252 g/mol. The molecule has 0 saturated heterocycles. The van der Waals surface area contributed by atoms with E-state index in [0.29, 0.717) is 12.0 Å². The molecule has 2 fully saturated rings. The van der Waals surface area contributed by atoms with Gasteiger partial charge in [-0.1, -0.05) is 6.08 Å². The third-order valence-electron chi connectivity index (χ3n) is 3.40. The lowest BCUT2D eigenvalue weighted by Gasteiger charge is -2.24. The Labute approximate surface area is 107 Å². The molecule has 0 aromatic rings. The fraction of sp³-hybridized carbons (Fsp3) is 0.692. The summed E-state index contributed by atoms with van der Waals surface area (Å²) in [5.41, 5.74) is 0. The van der Waals surface area contributed by atoms with Crippen LogP contribution in [0.5, 0.6) is 0 Å². The van der Waals surface area contributed by atoms with Gasteiger partial charge in [-0.25, -0.2) is 9.59 Å². The second-order valence-corrected chi connectivity index (χ2v) is 5.19. The normalized spacial score (nSPS) is 20.0. The lowest BCUT2D eigenvalue weighted by Crippen LogP contribution is -2.49. The number of aliphatic carboxylic acids is 1. The van der Waals surface area contributed by atoms with Gasteiger partial charge in [0, 0.05) is 12.6 Å². The van der Waals surface area contributed by atoms with Crippen LogP contribution in [0.15, 0.2) is 12.7 Å². The van der Waals surface area contributed by atoms with Crippen molar-refractivity contribution in [3.63, 3.8) is 0 Å². The third kappa shape index (κ3) is 3.48. The standard InChI is InChI=1S/C13H20N2O3/c1-2-3-11(12(16)17)14-13(18)15(10-6-7-10)8-9-4-5-9/h2,9-11H,1,3-8H2,(H,14,18)(H,16,17). The van der Waals surface area contributed by atoms with Crippen molar-refractivity contribution in [1.29, 1.82) is 0 Å². The van der Waals surface area contributed by atoms with Gasteiger partial charge >= 0.3 is 12.0 Å². The first-order valence-electron chi connectivity index (χ1n) is 6.52. The smallest absolute Gasteiger partial charge is 0.326 e. The lowest BCUT2D eigenvalue weighted by atomic mass is 10.2. The average Bonchev–Trinajstić information content (AvgIpc) is 3.16. The fourth-order valence-electron chi connectivity index (χ4n) is 1.98. The third-order valence-corrected chi connectivity index (χ3v) is 3.40. The maximum atomic E-state index is 12.1. The zero-order valence-electron chi connectivity index (χ0n) is 10.5. The molecule has 2 rings (SSSR count). The number of carbonyl (C=O) groups excluding carboxylic acids is 1. The Kier molecular flexibility index (Phi) is 3.89. The van der Waals surface area contributed by atoms with Crippen LogP contribution in [0.1, 0.15) is 32.1 Å². The van der Waals surface area contributed by atoms with E-state index in [1.165, 1.54) is 18.9 Å². The predicted octanol–water partition coefficient (Wildman–Crippen LogP) is 1.60. The maximum Gasteiger partial charge on any atom is 0.326 e. The molecule has 0 heterocycles. The van der Waals surface area contributed by atoms with Crippen molar-refractivity contribution in [2.24, 2.45) is 5.92 Å². The Morgan fingerprint density at radius 2 is 2.06 bits per heavy atom. The Morgan fingerprint density at radius 3 is 2.50 bits per heavy atom. The van der Waals surface area contributed by atoms with Crippen LogP contribution >= 0.6 is 0 Å². The van der Waals surface area contributed by atoms with Gasteiger partial charge in [-0.15, -0.1) is 6.58 Å². The van der Waals surface area contributed by atoms with E-state index >= 15 is 0 Å². The van der Waals surface area contributed by atoms with Gasteiger partial charge in [0.15, 0.2) is 0 Å². The van der Waals surface area contributed by atoms with E-state index in [1.54, 1.807) is 0 Å². The van der Waals surface area contributed by atoms with E-state index in [1.807, 2.05) is 4.90 Å². The van der Waals surface area contributed by atoms with Gasteiger partial charge in [0.05, 0.1) is 0 Å². The van der Waals surface area contributed by atoms with Gasteiger partial charge in [0.2, 0.25) is 0 Å². The molecule has 1 unspecified atom stereocenters. The quantitative estimate of drug-likeness (QED) is 0.676. The summed E-state index contributed by atoms with van der Waals surface area (Å²) >= 11 is 0. The Bertz CT molecular complexity index is 348. The van der Waals surface area contributed by atoms with Gasteiger partial charge in [-0.3, -0.25) is 0 Å². The highest BCUT2D eigenvalue weighted by atomic mass is 16.4. The van der Waals surface area contributed by atoms with Gasteiger partial charge in [-0.2, -0.15) is 0 Å². The number of rotatable bonds is 7. The second-order valence-electron chi connectivity index (χ2n) is 5.19. The molecular weight excluding hydrogens is 232 g/mol. The molecule has 2 amide bonds. The summed E-state index contributed by atoms with van der Waals surface area (Å²) in [4.78, 5) is 24.9. The minimum Gasteiger partial charge on any atom is -0.480 e. The minimum atomic E-state index is -1.01. The number of carboxylic acid groups (broad SMARTS) is 1. The van der Waals surface area contributed by atoms with Gasteiger partial charge in [-0.05, 0) is 38.0 Å². The Hall–Kier alpha value is -1.52. The molecule has 1 atom stereocenters. The number of hydrogen-bond donors (Lipinski definition) is 2. The number of carbonyl (C=O) groups is 2. The van der Waals surface area contributed by atoms with E-state index in [0.717, 1.165) is 19.4 Å². The summed E-state index contributed by atoms with van der Waals surface area (Å²) in [6, 6.07) is -0.780. The molecule has 2 aliphatic rings. The molecule has 0 bridgehead atoms. The molecule has 0 radical (unpaired) electrons. The van der Waals surface area contributed by atoms with E-state index < -0.39 is 12.0 Å². The zero-order valence-corrected chi connectivity index (χ0v) is 10.5.